The van der Waals surface area contributed by atoms with Crippen molar-refractivity contribution in [2.45, 2.75) is 11.4 Å². The molecule has 0 radical (unpaired) electrons. The van der Waals surface area contributed by atoms with E-state index in [9.17, 15) is 8.09 Å². The Kier molecular flexibility index (Phi) is 3.77. The number of nitrogens with zero attached hydrogens (tertiary/aromatic N) is 1. The number of rotatable bonds is 3. The molecule has 2 aromatic rings. The topological polar surface area (TPSA) is 20.1 Å². The second-order valence-corrected chi connectivity index (χ2v) is 6.05. The van der Waals surface area contributed by atoms with Gasteiger partial charge in [0, 0.05) is 5.56 Å². The summed E-state index contributed by atoms with van der Waals surface area (Å²) in [5.41, 5.74) is 0.932. The molecule has 2 aromatic carbocycles. The smallest absolute Gasteiger partial charge is 0.169 e. The van der Waals surface area contributed by atoms with Gasteiger partial charge in [0.25, 0.3) is 0 Å². The van der Waals surface area contributed by atoms with Crippen molar-refractivity contribution in [2.75, 3.05) is 7.05 Å². The van der Waals surface area contributed by atoms with Gasteiger partial charge >= 0.3 is 10.1 Å². The lowest BCUT2D eigenvalue weighted by Gasteiger charge is -2.02. The van der Waals surface area contributed by atoms with Crippen molar-refractivity contribution in [3.63, 3.8) is 0 Å². The van der Waals surface area contributed by atoms with Crippen LogP contribution in [0.4, 0.5) is 3.89 Å². The van der Waals surface area contributed by atoms with Crippen molar-refractivity contribution >= 4 is 10.1 Å². The van der Waals surface area contributed by atoms with Crippen molar-refractivity contribution in [2.24, 2.45) is 0 Å². The molecular formula is C14H15FNOS+. The first kappa shape index (κ1) is 12.8. The summed E-state index contributed by atoms with van der Waals surface area (Å²) in [5.74, 6) is 0. The van der Waals surface area contributed by atoms with E-state index in [0.29, 0.717) is 6.54 Å². The lowest BCUT2D eigenvalue weighted by Crippen LogP contribution is -2.13. The lowest BCUT2D eigenvalue weighted by molar-refractivity contribution is -0.494. The summed E-state index contributed by atoms with van der Waals surface area (Å²) in [7, 11) is -2.12. The Morgan fingerprint density at radius 3 is 2.06 bits per heavy atom. The van der Waals surface area contributed by atoms with Gasteiger partial charge in [0.2, 0.25) is 0 Å². The fourth-order valence-corrected chi connectivity index (χ4v) is 2.86. The summed E-state index contributed by atoms with van der Waals surface area (Å²) >= 11 is 0. The maximum absolute atomic E-state index is 14.4. The first-order valence-corrected chi connectivity index (χ1v) is 7.06. The van der Waals surface area contributed by atoms with Crippen LogP contribution in [0.5, 0.6) is 0 Å². The highest BCUT2D eigenvalue weighted by Gasteiger charge is 2.20. The van der Waals surface area contributed by atoms with Crippen LogP contribution in [0.1, 0.15) is 5.56 Å². The number of hydrogen-bond acceptors (Lipinski definition) is 1. The minimum Gasteiger partial charge on any atom is -0.169 e. The van der Waals surface area contributed by atoms with E-state index in [-0.39, 0.29) is 4.90 Å². The largest absolute Gasteiger partial charge is 0.346 e. The molecule has 0 saturated heterocycles. The molecule has 0 saturated carbocycles. The Balaban J connectivity index is 2.38. The van der Waals surface area contributed by atoms with Gasteiger partial charge < -0.3 is 0 Å². The zero-order chi connectivity index (χ0) is 13.0. The van der Waals surface area contributed by atoms with Gasteiger partial charge in [-0.05, 0) is 12.1 Å². The number of benzene rings is 2. The first-order chi connectivity index (χ1) is 8.60. The van der Waals surface area contributed by atoms with E-state index >= 15 is 0 Å². The molecule has 0 amide bonds. The van der Waals surface area contributed by atoms with E-state index in [2.05, 4.69) is 0 Å². The molecule has 0 aliphatic rings. The molecule has 94 valence electrons. The quantitative estimate of drug-likeness (QED) is 0.615. The highest BCUT2D eigenvalue weighted by Crippen LogP contribution is 2.15. The minimum absolute atomic E-state index is 0.212. The number of halogens is 1. The van der Waals surface area contributed by atoms with Crippen LogP contribution < -0.4 is 0 Å². The molecule has 1 atom stereocenters. The molecule has 0 fully saturated rings. The highest BCUT2D eigenvalue weighted by atomic mass is 32.3. The molecule has 0 aliphatic heterocycles. The summed E-state index contributed by atoms with van der Waals surface area (Å²) < 4.78 is 27.8. The molecule has 4 heteroatoms. The first-order valence-electron chi connectivity index (χ1n) is 5.65. The van der Waals surface area contributed by atoms with Crippen LogP contribution in [-0.4, -0.2) is 15.2 Å². The second-order valence-electron chi connectivity index (χ2n) is 4.04. The Morgan fingerprint density at radius 2 is 1.50 bits per heavy atom. The third kappa shape index (κ3) is 2.76. The predicted octanol–water partition coefficient (Wildman–Crippen LogP) is 3.24. The second kappa shape index (κ2) is 5.31. The van der Waals surface area contributed by atoms with Crippen molar-refractivity contribution < 1.29 is 12.0 Å². The van der Waals surface area contributed by atoms with Crippen LogP contribution in [0.25, 0.3) is 0 Å². The highest BCUT2D eigenvalue weighted by molar-refractivity contribution is 7.86. The molecule has 2 nitrogen and oxygen atoms in total. The van der Waals surface area contributed by atoms with Crippen LogP contribution in [0.15, 0.2) is 65.6 Å². The molecule has 0 spiro atoms. The van der Waals surface area contributed by atoms with Crippen LogP contribution in [0, 0.1) is 0 Å². The van der Waals surface area contributed by atoms with Gasteiger partial charge in [0.1, 0.15) is 11.9 Å². The molecule has 0 aromatic heterocycles. The molecule has 0 N–H and O–H groups in total. The molecule has 0 aliphatic carbocycles. The van der Waals surface area contributed by atoms with E-state index in [1.54, 1.807) is 30.3 Å². The van der Waals surface area contributed by atoms with E-state index in [1.807, 2.05) is 30.3 Å². The summed E-state index contributed by atoms with van der Waals surface area (Å²) in [6.45, 7) is 0.311. The average Bonchev–Trinajstić information content (AvgIpc) is 2.41. The molecular weight excluding hydrogens is 249 g/mol. The van der Waals surface area contributed by atoms with E-state index < -0.39 is 10.1 Å². The average molecular weight is 264 g/mol. The maximum Gasteiger partial charge on any atom is 0.346 e. The predicted molar refractivity (Wildman–Crippen MR) is 70.3 cm³/mol. The van der Waals surface area contributed by atoms with Gasteiger partial charge in [-0.1, -0.05) is 52.4 Å². The molecule has 18 heavy (non-hydrogen) atoms. The SMILES string of the molecule is C[N+](Cc1ccccc1)=S(=O)(F)c1ccccc1. The molecule has 0 heterocycles. The van der Waals surface area contributed by atoms with E-state index in [0.717, 1.165) is 5.56 Å². The van der Waals surface area contributed by atoms with Gasteiger partial charge in [-0.2, -0.15) is 8.15 Å². The fourth-order valence-electron chi connectivity index (χ4n) is 1.69. The Hall–Kier alpha value is -1.68. The third-order valence-electron chi connectivity index (χ3n) is 2.68. The Morgan fingerprint density at radius 1 is 1.00 bits per heavy atom. The van der Waals surface area contributed by atoms with E-state index in [4.69, 9.17) is 0 Å². The van der Waals surface area contributed by atoms with Crippen LogP contribution >= 0.6 is 0 Å². The molecule has 0 bridgehead atoms. The van der Waals surface area contributed by atoms with Crippen LogP contribution in [0.3, 0.4) is 0 Å². The summed E-state index contributed by atoms with van der Waals surface area (Å²) in [6.07, 6.45) is 0. The van der Waals surface area contributed by atoms with Crippen molar-refractivity contribution in [1.82, 2.24) is 0 Å². The van der Waals surface area contributed by atoms with Gasteiger partial charge in [-0.15, -0.1) is 0 Å². The summed E-state index contributed by atoms with van der Waals surface area (Å²) in [5, 5.41) is 0. The normalized spacial score (nSPS) is 13.9. The summed E-state index contributed by atoms with van der Waals surface area (Å²) in [4.78, 5) is 0.212. The van der Waals surface area contributed by atoms with Crippen molar-refractivity contribution in [3.05, 3.63) is 66.2 Å². The van der Waals surface area contributed by atoms with Gasteiger partial charge in [0.15, 0.2) is 6.54 Å². The Labute approximate surface area is 107 Å². The standard InChI is InChI=1S/C14H15FNOS/c1-16(12-13-8-4-2-5-9-13)18(15,17)14-10-6-3-7-11-14/h2-11H,12H2,1H3/q+1. The zero-order valence-corrected chi connectivity index (χ0v) is 10.9. The summed E-state index contributed by atoms with van der Waals surface area (Å²) in [6, 6.07) is 17.7. The van der Waals surface area contributed by atoms with Gasteiger partial charge in [0.05, 0.1) is 0 Å². The maximum atomic E-state index is 14.4. The minimum atomic E-state index is -3.65. The number of hydrogen-bond donors (Lipinski definition) is 0. The molecule has 1 unspecified atom stereocenters. The zero-order valence-electron chi connectivity index (χ0n) is 10.1. The van der Waals surface area contributed by atoms with E-state index in [1.165, 1.54) is 11.0 Å². The molecule has 2 rings (SSSR count). The fraction of sp³-hybridized carbons (Fsp3) is 0.143. The van der Waals surface area contributed by atoms with Crippen molar-refractivity contribution in [3.8, 4) is 0 Å². The third-order valence-corrected chi connectivity index (χ3v) is 4.47. The van der Waals surface area contributed by atoms with Gasteiger partial charge in [-0.25, -0.2) is 0 Å². The monoisotopic (exact) mass is 264 g/mol. The van der Waals surface area contributed by atoms with Gasteiger partial charge in [-0.3, -0.25) is 0 Å². The van der Waals surface area contributed by atoms with Crippen LogP contribution in [0.2, 0.25) is 0 Å². The van der Waals surface area contributed by atoms with Crippen molar-refractivity contribution in [1.29, 1.82) is 0 Å². The Bertz CT molecular complexity index is 631. The lowest BCUT2D eigenvalue weighted by atomic mass is 10.2. The van der Waals surface area contributed by atoms with Crippen LogP contribution in [-0.2, 0) is 16.7 Å².